The van der Waals surface area contributed by atoms with Crippen molar-refractivity contribution >= 4 is 14.3 Å². The molecule has 0 heterocycles. The van der Waals surface area contributed by atoms with E-state index in [4.69, 9.17) is 4.74 Å². The number of rotatable bonds is 5. The Labute approximate surface area is 168 Å². The molecule has 0 amide bonds. The highest BCUT2D eigenvalue weighted by Gasteiger charge is 2.30. The first-order chi connectivity index (χ1) is 13.3. The molecule has 0 aromatic heterocycles. The van der Waals surface area contributed by atoms with E-state index in [0.29, 0.717) is 5.92 Å². The van der Waals surface area contributed by atoms with Gasteiger partial charge in [0, 0.05) is 5.92 Å². The minimum atomic E-state index is 0.583. The summed E-state index contributed by atoms with van der Waals surface area (Å²) in [5, 5.41) is 0. The average Bonchev–Trinajstić information content (AvgIpc) is 2.76. The van der Waals surface area contributed by atoms with Gasteiger partial charge in [0.1, 0.15) is 11.2 Å². The molecule has 0 N–H and O–H groups in total. The van der Waals surface area contributed by atoms with Crippen LogP contribution in [0.15, 0.2) is 24.3 Å². The second-order valence-corrected chi connectivity index (χ2v) is 9.87. The highest BCUT2D eigenvalue weighted by atomic mass is 31.0. The Balaban J connectivity index is 1.25. The molecule has 0 aliphatic heterocycles. The monoisotopic (exact) mass is 384 g/mol. The Morgan fingerprint density at radius 2 is 1.22 bits per heavy atom. The zero-order valence-electron chi connectivity index (χ0n) is 16.9. The molecule has 148 valence electrons. The molecule has 0 atom stereocenters. The number of hydrogen-bond donors (Lipinski definition) is 0. The van der Waals surface area contributed by atoms with Crippen molar-refractivity contribution in [3.63, 3.8) is 0 Å². The summed E-state index contributed by atoms with van der Waals surface area (Å²) >= 11 is 0. The molecule has 2 heteroatoms. The lowest BCUT2D eigenvalue weighted by atomic mass is 9.71. The maximum absolute atomic E-state index is 6.21. The molecule has 1 aromatic rings. The van der Waals surface area contributed by atoms with Crippen LogP contribution in [-0.4, -0.2) is 5.48 Å². The fraction of sp³-hybridized carbons (Fsp3) is 0.720. The van der Waals surface area contributed by atoms with Crippen LogP contribution in [0.1, 0.15) is 101 Å². The topological polar surface area (TPSA) is 9.23 Å². The van der Waals surface area contributed by atoms with E-state index in [9.17, 15) is 0 Å². The van der Waals surface area contributed by atoms with Crippen LogP contribution in [-0.2, 0) is 0 Å². The molecule has 1 aromatic carbocycles. The van der Waals surface area contributed by atoms with Crippen LogP contribution < -0.4 is 4.74 Å². The second-order valence-electron chi connectivity index (χ2n) is 9.38. The van der Waals surface area contributed by atoms with Gasteiger partial charge < -0.3 is 4.74 Å². The Morgan fingerprint density at radius 3 is 1.85 bits per heavy atom. The van der Waals surface area contributed by atoms with Gasteiger partial charge in [-0.25, -0.2) is 0 Å². The van der Waals surface area contributed by atoms with Gasteiger partial charge in [-0.05, 0) is 74.0 Å². The van der Waals surface area contributed by atoms with Crippen molar-refractivity contribution in [1.29, 1.82) is 0 Å². The average molecular weight is 385 g/mol. The Kier molecular flexibility index (Phi) is 6.93. The summed E-state index contributed by atoms with van der Waals surface area (Å²) in [7, 11) is 3.84. The molecular formula is C25H37OP. The fourth-order valence-electron chi connectivity index (χ4n) is 5.91. The predicted octanol–water partition coefficient (Wildman–Crippen LogP) is 7.77. The van der Waals surface area contributed by atoms with E-state index in [1.54, 1.807) is 0 Å². The molecule has 1 nitrogen and oxygen atoms in total. The molecule has 3 fully saturated rings. The summed E-state index contributed by atoms with van der Waals surface area (Å²) < 4.78 is 6.21. The van der Waals surface area contributed by atoms with E-state index in [2.05, 4.69) is 33.1 Å². The van der Waals surface area contributed by atoms with Gasteiger partial charge >= 0.3 is 0 Å². The van der Waals surface area contributed by atoms with Gasteiger partial charge in [-0.1, -0.05) is 72.4 Å². The highest BCUT2D eigenvalue weighted by Crippen LogP contribution is 2.40. The third kappa shape index (κ3) is 5.17. The van der Waals surface area contributed by atoms with Crippen LogP contribution in [0.2, 0.25) is 0 Å². The van der Waals surface area contributed by atoms with Crippen molar-refractivity contribution in [1.82, 2.24) is 0 Å². The molecule has 0 unspecified atom stereocenters. The van der Waals surface area contributed by atoms with Crippen LogP contribution in [0.5, 0.6) is 5.75 Å². The van der Waals surface area contributed by atoms with Crippen LogP contribution in [0.4, 0.5) is 0 Å². The quantitative estimate of drug-likeness (QED) is 0.471. The van der Waals surface area contributed by atoms with Gasteiger partial charge in [0.25, 0.3) is 0 Å². The lowest BCUT2D eigenvalue weighted by molar-refractivity contribution is 0.181. The summed E-state index contributed by atoms with van der Waals surface area (Å²) in [6.07, 6.45) is 19.7. The highest BCUT2D eigenvalue weighted by molar-refractivity contribution is 7.20. The molecule has 0 radical (unpaired) electrons. The van der Waals surface area contributed by atoms with Crippen molar-refractivity contribution < 1.29 is 4.74 Å². The molecule has 0 saturated heterocycles. The minimum Gasteiger partial charge on any atom is -0.457 e. The first-order valence-electron chi connectivity index (χ1n) is 11.7. The normalized spacial score (nSPS) is 28.0. The van der Waals surface area contributed by atoms with Gasteiger partial charge in [0.15, 0.2) is 0 Å². The minimum absolute atomic E-state index is 0.583. The molecular weight excluding hydrogens is 347 g/mol. The molecule has 3 saturated carbocycles. The largest absolute Gasteiger partial charge is 0.457 e. The van der Waals surface area contributed by atoms with Crippen LogP contribution >= 0.6 is 8.86 Å². The van der Waals surface area contributed by atoms with Crippen molar-refractivity contribution in [3.05, 3.63) is 29.8 Å². The summed E-state index contributed by atoms with van der Waals surface area (Å²) in [4.78, 5) is 0. The van der Waals surface area contributed by atoms with Gasteiger partial charge in [-0.15, -0.1) is 0 Å². The van der Waals surface area contributed by atoms with Crippen molar-refractivity contribution in [3.8, 4) is 5.75 Å². The number of hydrogen-bond acceptors (Lipinski definition) is 1. The summed E-state index contributed by atoms with van der Waals surface area (Å²) in [5.41, 5.74) is 2.56. The standard InChI is InChI=1S/C25H37OP/c27-25(23-13-11-21(12-14-23)19-7-3-1-4-8-19)26-24-17-15-22(16-18-24)20-9-5-2-6-10-20/h15-21,23,27H,1-14H2. The van der Waals surface area contributed by atoms with E-state index in [-0.39, 0.29) is 0 Å². The lowest BCUT2D eigenvalue weighted by Crippen LogP contribution is -2.28. The number of ether oxygens (including phenoxy) is 1. The molecule has 4 rings (SSSR count). The summed E-state index contributed by atoms with van der Waals surface area (Å²) in [6, 6.07) is 8.95. The third-order valence-electron chi connectivity index (χ3n) is 7.64. The van der Waals surface area contributed by atoms with E-state index < -0.39 is 0 Å². The molecule has 3 aliphatic carbocycles. The SMILES string of the molecule is P=C(Oc1ccc(C2CCCCC2)cc1)C1CCC(C2CCCCC2)CC1. The zero-order chi connectivity index (χ0) is 18.5. The number of benzene rings is 1. The first-order valence-corrected chi connectivity index (χ1v) is 12.2. The van der Waals surface area contributed by atoms with Crippen LogP contribution in [0.25, 0.3) is 0 Å². The van der Waals surface area contributed by atoms with Gasteiger partial charge in [0.2, 0.25) is 0 Å². The zero-order valence-corrected chi connectivity index (χ0v) is 17.9. The van der Waals surface area contributed by atoms with Gasteiger partial charge in [-0.3, -0.25) is 0 Å². The van der Waals surface area contributed by atoms with Crippen molar-refractivity contribution in [2.24, 2.45) is 17.8 Å². The third-order valence-corrected chi connectivity index (χ3v) is 8.15. The second kappa shape index (κ2) is 9.60. The van der Waals surface area contributed by atoms with Crippen molar-refractivity contribution in [2.45, 2.75) is 95.8 Å². The Morgan fingerprint density at radius 1 is 0.667 bits per heavy atom. The fourth-order valence-corrected chi connectivity index (χ4v) is 6.32. The summed E-state index contributed by atoms with van der Waals surface area (Å²) in [6.45, 7) is 0. The predicted molar refractivity (Wildman–Crippen MR) is 118 cm³/mol. The van der Waals surface area contributed by atoms with Gasteiger partial charge in [-0.2, -0.15) is 0 Å². The maximum atomic E-state index is 6.21. The van der Waals surface area contributed by atoms with Crippen LogP contribution in [0.3, 0.4) is 0 Å². The Hall–Kier alpha value is -0.810. The van der Waals surface area contributed by atoms with Crippen molar-refractivity contribution in [2.75, 3.05) is 0 Å². The van der Waals surface area contributed by atoms with Gasteiger partial charge in [0.05, 0.1) is 0 Å². The Bertz CT molecular complexity index is 587. The van der Waals surface area contributed by atoms with E-state index >= 15 is 0 Å². The lowest BCUT2D eigenvalue weighted by Gasteiger charge is -2.36. The summed E-state index contributed by atoms with van der Waals surface area (Å²) in [5.74, 6) is 4.35. The van der Waals surface area contributed by atoms with E-state index in [1.165, 1.54) is 95.5 Å². The van der Waals surface area contributed by atoms with E-state index in [0.717, 1.165) is 29.0 Å². The van der Waals surface area contributed by atoms with E-state index in [1.807, 2.05) is 0 Å². The maximum Gasteiger partial charge on any atom is 0.127 e. The molecule has 0 spiro atoms. The van der Waals surface area contributed by atoms with Crippen LogP contribution in [0, 0.1) is 17.8 Å². The molecule has 3 aliphatic rings. The molecule has 0 bridgehead atoms. The molecule has 27 heavy (non-hydrogen) atoms. The smallest absolute Gasteiger partial charge is 0.127 e. The first kappa shape index (κ1) is 19.5.